The van der Waals surface area contributed by atoms with Crippen molar-refractivity contribution in [3.8, 4) is 5.75 Å². The van der Waals surface area contributed by atoms with Crippen LogP contribution in [0.5, 0.6) is 5.75 Å². The summed E-state index contributed by atoms with van der Waals surface area (Å²) in [5.74, 6) is -0.370. The van der Waals surface area contributed by atoms with Gasteiger partial charge in [0.25, 0.3) is 10.0 Å². The number of aromatic hydroxyl groups is 1. The molecule has 8 nitrogen and oxygen atoms in total. The molecular weight excluding hydrogens is 380 g/mol. The number of morpholine rings is 1. The molecule has 1 saturated heterocycles. The largest absolute Gasteiger partial charge is 0.506 e. The Labute approximate surface area is 152 Å². The Morgan fingerprint density at radius 2 is 1.58 bits per heavy atom. The molecule has 2 N–H and O–H groups in total. The van der Waals surface area contributed by atoms with Gasteiger partial charge in [0, 0.05) is 13.1 Å². The van der Waals surface area contributed by atoms with Crippen LogP contribution in [-0.4, -0.2) is 52.6 Å². The van der Waals surface area contributed by atoms with E-state index in [1.165, 1.54) is 22.5 Å². The zero-order valence-electron chi connectivity index (χ0n) is 13.7. The zero-order valence-corrected chi connectivity index (χ0v) is 15.3. The maximum Gasteiger partial charge on any atom is 0.262 e. The van der Waals surface area contributed by atoms with E-state index < -0.39 is 20.0 Å². The SMILES string of the molecule is O=S(=O)(Nc1cc(S(=O)(=O)N2CCOCC2)ccc1O)c1ccccc1. The monoisotopic (exact) mass is 398 g/mol. The molecule has 2 aromatic rings. The Bertz CT molecular complexity index is 985. The summed E-state index contributed by atoms with van der Waals surface area (Å²) in [7, 11) is -7.78. The highest BCUT2D eigenvalue weighted by Crippen LogP contribution is 2.30. The Balaban J connectivity index is 1.93. The average Bonchev–Trinajstić information content (AvgIpc) is 2.65. The van der Waals surface area contributed by atoms with Crippen LogP contribution in [0.4, 0.5) is 5.69 Å². The first-order valence-electron chi connectivity index (χ1n) is 7.79. The van der Waals surface area contributed by atoms with Crippen molar-refractivity contribution >= 4 is 25.7 Å². The predicted octanol–water partition coefficient (Wildman–Crippen LogP) is 1.21. The Kier molecular flexibility index (Phi) is 5.19. The highest BCUT2D eigenvalue weighted by atomic mass is 32.2. The molecule has 0 radical (unpaired) electrons. The third kappa shape index (κ3) is 3.83. The van der Waals surface area contributed by atoms with Crippen LogP contribution in [0.3, 0.4) is 0 Å². The topological polar surface area (TPSA) is 113 Å². The maximum atomic E-state index is 12.7. The van der Waals surface area contributed by atoms with E-state index in [0.29, 0.717) is 13.2 Å². The molecule has 0 aromatic heterocycles. The van der Waals surface area contributed by atoms with Gasteiger partial charge >= 0.3 is 0 Å². The number of nitrogens with zero attached hydrogens (tertiary/aromatic N) is 1. The summed E-state index contributed by atoms with van der Waals surface area (Å²) < 4.78 is 58.9. The van der Waals surface area contributed by atoms with Crippen LogP contribution in [0, 0.1) is 0 Å². The summed E-state index contributed by atoms with van der Waals surface area (Å²) in [5.41, 5.74) is -0.205. The van der Waals surface area contributed by atoms with Gasteiger partial charge in [-0.1, -0.05) is 18.2 Å². The molecular formula is C16H18N2O6S2. The minimum absolute atomic E-state index is 0.000777. The Morgan fingerprint density at radius 1 is 0.923 bits per heavy atom. The van der Waals surface area contributed by atoms with Crippen molar-refractivity contribution in [3.05, 3.63) is 48.5 Å². The van der Waals surface area contributed by atoms with Gasteiger partial charge in [-0.15, -0.1) is 0 Å². The van der Waals surface area contributed by atoms with Gasteiger partial charge < -0.3 is 9.84 Å². The molecule has 0 saturated carbocycles. The number of benzene rings is 2. The number of rotatable bonds is 5. The summed E-state index contributed by atoms with van der Waals surface area (Å²) >= 11 is 0. The van der Waals surface area contributed by atoms with Crippen LogP contribution in [0.15, 0.2) is 58.3 Å². The molecule has 0 amide bonds. The lowest BCUT2D eigenvalue weighted by atomic mass is 10.3. The molecule has 140 valence electrons. The van der Waals surface area contributed by atoms with Crippen LogP contribution in [-0.2, 0) is 24.8 Å². The highest BCUT2D eigenvalue weighted by molar-refractivity contribution is 7.92. The van der Waals surface area contributed by atoms with E-state index in [-0.39, 0.29) is 34.3 Å². The third-order valence-electron chi connectivity index (χ3n) is 3.87. The third-order valence-corrected chi connectivity index (χ3v) is 7.15. The van der Waals surface area contributed by atoms with Crippen molar-refractivity contribution in [1.29, 1.82) is 0 Å². The maximum absolute atomic E-state index is 12.7. The number of hydrogen-bond acceptors (Lipinski definition) is 6. The zero-order chi connectivity index (χ0) is 18.8. The molecule has 0 aliphatic carbocycles. The van der Waals surface area contributed by atoms with Crippen molar-refractivity contribution < 1.29 is 26.7 Å². The van der Waals surface area contributed by atoms with Gasteiger partial charge in [-0.2, -0.15) is 4.31 Å². The van der Waals surface area contributed by atoms with Crippen LogP contribution in [0.25, 0.3) is 0 Å². The number of ether oxygens (including phenoxy) is 1. The van der Waals surface area contributed by atoms with Gasteiger partial charge in [-0.3, -0.25) is 4.72 Å². The lowest BCUT2D eigenvalue weighted by Crippen LogP contribution is -2.40. The van der Waals surface area contributed by atoms with Crippen molar-refractivity contribution in [3.63, 3.8) is 0 Å². The summed E-state index contributed by atoms with van der Waals surface area (Å²) in [5, 5.41) is 9.97. The lowest BCUT2D eigenvalue weighted by molar-refractivity contribution is 0.0730. The van der Waals surface area contributed by atoms with Crippen molar-refractivity contribution in [1.82, 2.24) is 4.31 Å². The highest BCUT2D eigenvalue weighted by Gasteiger charge is 2.27. The molecule has 0 spiro atoms. The smallest absolute Gasteiger partial charge is 0.262 e. The van der Waals surface area contributed by atoms with Crippen LogP contribution < -0.4 is 4.72 Å². The van der Waals surface area contributed by atoms with E-state index in [0.717, 1.165) is 12.1 Å². The Hall–Kier alpha value is -2.14. The molecule has 26 heavy (non-hydrogen) atoms. The van der Waals surface area contributed by atoms with Gasteiger partial charge in [0.2, 0.25) is 10.0 Å². The second-order valence-electron chi connectivity index (χ2n) is 5.61. The molecule has 1 aliphatic rings. The second-order valence-corrected chi connectivity index (χ2v) is 9.23. The van der Waals surface area contributed by atoms with E-state index in [1.54, 1.807) is 18.2 Å². The summed E-state index contributed by atoms with van der Waals surface area (Å²) in [4.78, 5) is -0.108. The van der Waals surface area contributed by atoms with Gasteiger partial charge in [0.15, 0.2) is 0 Å². The number of phenolic OH excluding ortho intramolecular Hbond substituents is 1. The minimum Gasteiger partial charge on any atom is -0.506 e. The normalized spacial score (nSPS) is 16.3. The fraction of sp³-hybridized carbons (Fsp3) is 0.250. The second kappa shape index (κ2) is 7.23. The van der Waals surface area contributed by atoms with E-state index in [1.807, 2.05) is 0 Å². The van der Waals surface area contributed by atoms with Crippen molar-refractivity contribution in [2.45, 2.75) is 9.79 Å². The summed E-state index contributed by atoms with van der Waals surface area (Å²) in [6.45, 7) is 1.03. The quantitative estimate of drug-likeness (QED) is 0.732. The molecule has 1 fully saturated rings. The molecule has 1 aliphatic heterocycles. The van der Waals surface area contributed by atoms with E-state index in [4.69, 9.17) is 4.74 Å². The molecule has 0 unspecified atom stereocenters. The first-order chi connectivity index (χ1) is 12.3. The number of hydrogen-bond donors (Lipinski definition) is 2. The van der Waals surface area contributed by atoms with Crippen molar-refractivity contribution in [2.75, 3.05) is 31.0 Å². The number of nitrogens with one attached hydrogen (secondary N) is 1. The molecule has 3 rings (SSSR count). The number of anilines is 1. The standard InChI is InChI=1S/C16H18N2O6S2/c19-16-7-6-14(26(22,23)18-8-10-24-11-9-18)12-15(16)17-25(20,21)13-4-2-1-3-5-13/h1-7,12,17,19H,8-11H2. The molecule has 0 bridgehead atoms. The predicted molar refractivity (Wildman–Crippen MR) is 94.9 cm³/mol. The molecule has 2 aromatic carbocycles. The van der Waals surface area contributed by atoms with Gasteiger partial charge in [0.1, 0.15) is 5.75 Å². The summed E-state index contributed by atoms with van der Waals surface area (Å²) in [6, 6.07) is 11.1. The number of phenols is 1. The van der Waals surface area contributed by atoms with Crippen LogP contribution >= 0.6 is 0 Å². The van der Waals surface area contributed by atoms with E-state index >= 15 is 0 Å². The first kappa shape index (κ1) is 18.6. The van der Waals surface area contributed by atoms with E-state index in [9.17, 15) is 21.9 Å². The van der Waals surface area contributed by atoms with Crippen LogP contribution in [0.2, 0.25) is 0 Å². The minimum atomic E-state index is -3.96. The van der Waals surface area contributed by atoms with Gasteiger partial charge in [0.05, 0.1) is 28.7 Å². The number of sulfonamides is 2. The lowest BCUT2D eigenvalue weighted by Gasteiger charge is -2.26. The van der Waals surface area contributed by atoms with Gasteiger partial charge in [-0.25, -0.2) is 16.8 Å². The average molecular weight is 398 g/mol. The first-order valence-corrected chi connectivity index (χ1v) is 10.7. The fourth-order valence-corrected chi connectivity index (χ4v) is 5.02. The molecule has 10 heteroatoms. The molecule has 1 heterocycles. The fourth-order valence-electron chi connectivity index (χ4n) is 2.50. The summed E-state index contributed by atoms with van der Waals surface area (Å²) in [6.07, 6.45) is 0. The molecule has 0 atom stereocenters. The van der Waals surface area contributed by atoms with Crippen molar-refractivity contribution in [2.24, 2.45) is 0 Å². The van der Waals surface area contributed by atoms with Gasteiger partial charge in [-0.05, 0) is 30.3 Å². The van der Waals surface area contributed by atoms with E-state index in [2.05, 4.69) is 4.72 Å². The Morgan fingerprint density at radius 3 is 2.23 bits per heavy atom. The van der Waals surface area contributed by atoms with Crippen LogP contribution in [0.1, 0.15) is 0 Å².